The highest BCUT2D eigenvalue weighted by Gasteiger charge is 2.12. The van der Waals surface area contributed by atoms with Crippen LogP contribution in [0.2, 0.25) is 0 Å². The second kappa shape index (κ2) is 7.41. The third kappa shape index (κ3) is 4.82. The lowest BCUT2D eigenvalue weighted by molar-refractivity contribution is -0.136. The van der Waals surface area contributed by atoms with Crippen molar-refractivity contribution in [3.8, 4) is 11.5 Å². The van der Waals surface area contributed by atoms with Crippen molar-refractivity contribution in [1.82, 2.24) is 5.43 Å². The molecule has 0 radical (unpaired) electrons. The monoisotopic (exact) mass is 377 g/mol. The van der Waals surface area contributed by atoms with E-state index in [1.54, 1.807) is 24.3 Å². The summed E-state index contributed by atoms with van der Waals surface area (Å²) in [5.41, 5.74) is 2.78. The lowest BCUT2D eigenvalue weighted by atomic mass is 10.2. The van der Waals surface area contributed by atoms with Crippen LogP contribution in [0.4, 0.5) is 5.69 Å². The molecule has 0 spiro atoms. The molecule has 0 saturated heterocycles. The maximum absolute atomic E-state index is 11.7. The van der Waals surface area contributed by atoms with Gasteiger partial charge in [0.1, 0.15) is 11.5 Å². The van der Waals surface area contributed by atoms with Gasteiger partial charge < -0.3 is 15.5 Å². The van der Waals surface area contributed by atoms with Crippen LogP contribution in [-0.2, 0) is 9.59 Å². The number of nitrogens with zero attached hydrogens (tertiary/aromatic N) is 1. The number of benzene rings is 2. The van der Waals surface area contributed by atoms with Crippen LogP contribution in [0.15, 0.2) is 52.0 Å². The van der Waals surface area contributed by atoms with Gasteiger partial charge in [0.05, 0.1) is 6.21 Å². The molecule has 0 aromatic heterocycles. The molecule has 2 amide bonds. The van der Waals surface area contributed by atoms with E-state index in [1.807, 2.05) is 5.43 Å². The predicted molar refractivity (Wildman–Crippen MR) is 88.3 cm³/mol. The Morgan fingerprint density at radius 1 is 1.04 bits per heavy atom. The summed E-state index contributed by atoms with van der Waals surface area (Å²) in [6.07, 6.45) is 1.15. The first-order chi connectivity index (χ1) is 11.0. The maximum Gasteiger partial charge on any atom is 0.329 e. The minimum atomic E-state index is -0.956. The number of hydrogen-bond acceptors (Lipinski definition) is 5. The summed E-state index contributed by atoms with van der Waals surface area (Å²) in [6, 6.07) is 10.6. The molecule has 0 heterocycles. The van der Waals surface area contributed by atoms with Gasteiger partial charge in [-0.25, -0.2) is 5.43 Å². The fraction of sp³-hybridized carbons (Fsp3) is 0. The van der Waals surface area contributed by atoms with Gasteiger partial charge in [-0.1, -0.05) is 15.9 Å². The normalized spacial score (nSPS) is 10.5. The summed E-state index contributed by atoms with van der Waals surface area (Å²) < 4.78 is 0.846. The Labute approximate surface area is 139 Å². The quantitative estimate of drug-likeness (QED) is 0.372. The van der Waals surface area contributed by atoms with E-state index < -0.39 is 11.8 Å². The minimum absolute atomic E-state index is 0.0995. The molecule has 4 N–H and O–H groups in total. The Morgan fingerprint density at radius 3 is 2.39 bits per heavy atom. The molecule has 7 nitrogen and oxygen atoms in total. The third-order valence-corrected chi connectivity index (χ3v) is 3.22. The first kappa shape index (κ1) is 16.5. The van der Waals surface area contributed by atoms with Gasteiger partial charge in [0.15, 0.2) is 0 Å². The van der Waals surface area contributed by atoms with Gasteiger partial charge >= 0.3 is 11.8 Å². The number of aromatic hydroxyl groups is 2. The number of rotatable bonds is 3. The van der Waals surface area contributed by atoms with Crippen LogP contribution in [0.5, 0.6) is 11.5 Å². The van der Waals surface area contributed by atoms with Crippen molar-refractivity contribution >= 4 is 39.6 Å². The molecule has 8 heteroatoms. The standard InChI is InChI=1S/C15H12BrN3O4/c16-10-2-4-11(5-3-10)18-14(22)15(23)19-17-8-9-1-6-12(20)7-13(9)21/h1-8,20-21H,(H,18,22)(H,19,23). The Morgan fingerprint density at radius 2 is 1.74 bits per heavy atom. The molecule has 23 heavy (non-hydrogen) atoms. The van der Waals surface area contributed by atoms with Crippen LogP contribution in [-0.4, -0.2) is 28.2 Å². The summed E-state index contributed by atoms with van der Waals surface area (Å²) in [6.45, 7) is 0. The molecule has 0 saturated carbocycles. The van der Waals surface area contributed by atoms with Gasteiger partial charge in [0.25, 0.3) is 0 Å². The number of hydrogen-bond donors (Lipinski definition) is 4. The lowest BCUT2D eigenvalue weighted by Gasteiger charge is -2.04. The highest BCUT2D eigenvalue weighted by Crippen LogP contribution is 2.20. The molecule has 0 aliphatic carbocycles. The van der Waals surface area contributed by atoms with Crippen molar-refractivity contribution < 1.29 is 19.8 Å². The van der Waals surface area contributed by atoms with E-state index in [4.69, 9.17) is 5.11 Å². The number of carbonyl (C=O) groups is 2. The van der Waals surface area contributed by atoms with Crippen molar-refractivity contribution in [3.05, 3.63) is 52.5 Å². The molecule has 2 aromatic carbocycles. The van der Waals surface area contributed by atoms with E-state index in [9.17, 15) is 14.7 Å². The van der Waals surface area contributed by atoms with Gasteiger partial charge in [-0.3, -0.25) is 9.59 Å². The van der Waals surface area contributed by atoms with Gasteiger partial charge in [0.2, 0.25) is 0 Å². The smallest absolute Gasteiger partial charge is 0.329 e. The number of anilines is 1. The molecular weight excluding hydrogens is 366 g/mol. The SMILES string of the molecule is O=C(NN=Cc1ccc(O)cc1O)C(=O)Nc1ccc(Br)cc1. The Balaban J connectivity index is 1.92. The van der Waals surface area contributed by atoms with Crippen LogP contribution >= 0.6 is 15.9 Å². The second-order valence-corrected chi connectivity index (χ2v) is 5.32. The number of amides is 2. The Hall–Kier alpha value is -2.87. The third-order valence-electron chi connectivity index (χ3n) is 2.69. The molecular formula is C15H12BrN3O4. The second-order valence-electron chi connectivity index (χ2n) is 4.40. The molecule has 0 atom stereocenters. The maximum atomic E-state index is 11.7. The van der Waals surface area contributed by atoms with E-state index >= 15 is 0 Å². The van der Waals surface area contributed by atoms with Crippen molar-refractivity contribution in [1.29, 1.82) is 0 Å². The van der Waals surface area contributed by atoms with Crippen molar-refractivity contribution in [2.45, 2.75) is 0 Å². The number of hydrazone groups is 1. The fourth-order valence-electron chi connectivity index (χ4n) is 1.57. The summed E-state index contributed by atoms with van der Waals surface area (Å²) in [4.78, 5) is 23.3. The van der Waals surface area contributed by atoms with Crippen LogP contribution in [0.25, 0.3) is 0 Å². The van der Waals surface area contributed by atoms with Crippen LogP contribution < -0.4 is 10.7 Å². The zero-order valence-electron chi connectivity index (χ0n) is 11.7. The number of phenols is 2. The van der Waals surface area contributed by atoms with Gasteiger partial charge in [-0.05, 0) is 36.4 Å². The topological polar surface area (TPSA) is 111 Å². The number of phenolic OH excluding ortho intramolecular Hbond substituents is 2. The minimum Gasteiger partial charge on any atom is -0.508 e. The summed E-state index contributed by atoms with van der Waals surface area (Å²) in [5.74, 6) is -2.14. The Bertz CT molecular complexity index is 760. The molecule has 0 aliphatic rings. The molecule has 118 valence electrons. The predicted octanol–water partition coefficient (Wildman–Crippen LogP) is 1.95. The molecule has 0 bridgehead atoms. The number of nitrogens with one attached hydrogen (secondary N) is 2. The van der Waals surface area contributed by atoms with E-state index in [0.717, 1.165) is 16.8 Å². The zero-order valence-corrected chi connectivity index (χ0v) is 13.2. The zero-order chi connectivity index (χ0) is 16.8. The van der Waals surface area contributed by atoms with Crippen LogP contribution in [0.1, 0.15) is 5.56 Å². The van der Waals surface area contributed by atoms with Gasteiger partial charge in [0, 0.05) is 21.8 Å². The molecule has 0 unspecified atom stereocenters. The van der Waals surface area contributed by atoms with E-state index in [-0.39, 0.29) is 17.1 Å². The number of halogens is 1. The average molecular weight is 378 g/mol. The number of carbonyl (C=O) groups excluding carboxylic acids is 2. The van der Waals surface area contributed by atoms with Gasteiger partial charge in [-0.15, -0.1) is 0 Å². The van der Waals surface area contributed by atoms with Gasteiger partial charge in [-0.2, -0.15) is 5.10 Å². The highest BCUT2D eigenvalue weighted by atomic mass is 79.9. The summed E-state index contributed by atoms with van der Waals surface area (Å²) in [7, 11) is 0. The van der Waals surface area contributed by atoms with Crippen molar-refractivity contribution in [2.75, 3.05) is 5.32 Å². The fourth-order valence-corrected chi connectivity index (χ4v) is 1.84. The van der Waals surface area contributed by atoms with E-state index in [0.29, 0.717) is 5.69 Å². The molecule has 0 aliphatic heterocycles. The summed E-state index contributed by atoms with van der Waals surface area (Å²) >= 11 is 3.26. The van der Waals surface area contributed by atoms with Crippen molar-refractivity contribution in [2.24, 2.45) is 5.10 Å². The molecule has 2 rings (SSSR count). The first-order valence-electron chi connectivity index (χ1n) is 6.37. The van der Waals surface area contributed by atoms with Crippen LogP contribution in [0, 0.1) is 0 Å². The van der Waals surface area contributed by atoms with Crippen LogP contribution in [0.3, 0.4) is 0 Å². The largest absolute Gasteiger partial charge is 0.508 e. The average Bonchev–Trinajstić information content (AvgIpc) is 2.51. The van der Waals surface area contributed by atoms with Crippen molar-refractivity contribution in [3.63, 3.8) is 0 Å². The lowest BCUT2D eigenvalue weighted by Crippen LogP contribution is -2.32. The van der Waals surface area contributed by atoms with E-state index in [2.05, 4.69) is 26.3 Å². The first-order valence-corrected chi connectivity index (χ1v) is 7.17. The molecule has 0 fully saturated rings. The summed E-state index contributed by atoms with van der Waals surface area (Å²) in [5, 5.41) is 24.7. The Kier molecular flexibility index (Phi) is 5.32. The highest BCUT2D eigenvalue weighted by molar-refractivity contribution is 9.10. The van der Waals surface area contributed by atoms with E-state index in [1.165, 1.54) is 12.1 Å². The molecule has 2 aromatic rings.